The Labute approximate surface area is 132 Å². The summed E-state index contributed by atoms with van der Waals surface area (Å²) < 4.78 is 0. The van der Waals surface area contributed by atoms with Gasteiger partial charge in [0, 0.05) is 16.3 Å². The van der Waals surface area contributed by atoms with Crippen LogP contribution in [0.5, 0.6) is 5.75 Å². The van der Waals surface area contributed by atoms with Crippen molar-refractivity contribution in [3.05, 3.63) is 70.8 Å². The number of ketones is 1. The molecule has 3 heteroatoms. The van der Waals surface area contributed by atoms with Crippen molar-refractivity contribution in [3.8, 4) is 16.9 Å². The van der Waals surface area contributed by atoms with Crippen LogP contribution in [0.4, 0.5) is 0 Å². The highest BCUT2D eigenvalue weighted by Gasteiger charge is 2.25. The van der Waals surface area contributed by atoms with Crippen LogP contribution in [-0.4, -0.2) is 10.9 Å². The summed E-state index contributed by atoms with van der Waals surface area (Å²) in [7, 11) is 0. The number of aromatic hydroxyl groups is 1. The summed E-state index contributed by atoms with van der Waals surface area (Å²) >= 11 is 6.56. The maximum absolute atomic E-state index is 12.3. The number of benzene rings is 3. The lowest BCUT2D eigenvalue weighted by Gasteiger charge is -2.18. The van der Waals surface area contributed by atoms with E-state index in [9.17, 15) is 9.90 Å². The van der Waals surface area contributed by atoms with Crippen molar-refractivity contribution in [2.24, 2.45) is 0 Å². The SMILES string of the molecule is O=C1C=Cc2cccc3c(Cl)c(-c4ccccc4)c(O)c1c23. The molecule has 0 aliphatic heterocycles. The number of phenols is 1. The highest BCUT2D eigenvalue weighted by Crippen LogP contribution is 2.46. The Morgan fingerprint density at radius 1 is 0.864 bits per heavy atom. The summed E-state index contributed by atoms with van der Waals surface area (Å²) in [5.74, 6) is -0.249. The molecule has 0 fully saturated rings. The third kappa shape index (κ3) is 1.71. The number of carbonyl (C=O) groups is 1. The Morgan fingerprint density at radius 2 is 1.64 bits per heavy atom. The Hall–Kier alpha value is -2.58. The second-order valence-corrected chi connectivity index (χ2v) is 5.62. The molecule has 1 N–H and O–H groups in total. The van der Waals surface area contributed by atoms with Gasteiger partial charge in [0.15, 0.2) is 5.78 Å². The van der Waals surface area contributed by atoms with Crippen LogP contribution in [0.2, 0.25) is 5.02 Å². The van der Waals surface area contributed by atoms with Crippen molar-refractivity contribution in [2.75, 3.05) is 0 Å². The third-order valence-electron chi connectivity index (χ3n) is 4.00. The number of rotatable bonds is 1. The average Bonchev–Trinajstić information content (AvgIpc) is 2.54. The zero-order valence-corrected chi connectivity index (χ0v) is 12.3. The van der Waals surface area contributed by atoms with Gasteiger partial charge in [0.2, 0.25) is 0 Å². The van der Waals surface area contributed by atoms with Crippen LogP contribution in [0.25, 0.3) is 28.0 Å². The maximum Gasteiger partial charge on any atom is 0.190 e. The topological polar surface area (TPSA) is 37.3 Å². The van der Waals surface area contributed by atoms with Crippen LogP contribution >= 0.6 is 11.6 Å². The summed E-state index contributed by atoms with van der Waals surface area (Å²) in [5, 5.41) is 12.7. The number of phenolic OH excluding ortho intramolecular Hbond substituents is 1. The van der Waals surface area contributed by atoms with Crippen LogP contribution in [0.3, 0.4) is 0 Å². The Bertz CT molecular complexity index is 956. The number of halogens is 1. The Kier molecular flexibility index (Phi) is 2.81. The monoisotopic (exact) mass is 306 g/mol. The highest BCUT2D eigenvalue weighted by atomic mass is 35.5. The van der Waals surface area contributed by atoms with Gasteiger partial charge in [0.25, 0.3) is 0 Å². The quantitative estimate of drug-likeness (QED) is 0.681. The largest absolute Gasteiger partial charge is 0.506 e. The van der Waals surface area contributed by atoms with Gasteiger partial charge in [-0.05, 0) is 17.2 Å². The summed E-state index contributed by atoms with van der Waals surface area (Å²) in [6.07, 6.45) is 3.25. The van der Waals surface area contributed by atoms with E-state index in [4.69, 9.17) is 11.6 Å². The van der Waals surface area contributed by atoms with E-state index < -0.39 is 0 Å². The van der Waals surface area contributed by atoms with E-state index in [2.05, 4.69) is 0 Å². The molecule has 0 unspecified atom stereocenters. The fraction of sp³-hybridized carbons (Fsp3) is 0. The van der Waals surface area contributed by atoms with Crippen molar-refractivity contribution < 1.29 is 9.90 Å². The van der Waals surface area contributed by atoms with E-state index >= 15 is 0 Å². The number of hydrogen-bond donors (Lipinski definition) is 1. The summed E-state index contributed by atoms with van der Waals surface area (Å²) in [6, 6.07) is 15.1. The molecule has 0 radical (unpaired) electrons. The van der Waals surface area contributed by atoms with Crippen LogP contribution < -0.4 is 0 Å². The van der Waals surface area contributed by atoms with Crippen LogP contribution in [0.1, 0.15) is 15.9 Å². The zero-order valence-electron chi connectivity index (χ0n) is 11.5. The smallest absolute Gasteiger partial charge is 0.190 e. The van der Waals surface area contributed by atoms with Crippen molar-refractivity contribution >= 4 is 34.2 Å². The van der Waals surface area contributed by atoms with Crippen LogP contribution in [0.15, 0.2) is 54.6 Å². The summed E-state index contributed by atoms with van der Waals surface area (Å²) in [5.41, 5.74) is 2.52. The normalized spacial score (nSPS) is 12.9. The van der Waals surface area contributed by atoms with Gasteiger partial charge in [-0.1, -0.05) is 66.2 Å². The molecule has 2 nitrogen and oxygen atoms in total. The number of carbonyl (C=O) groups excluding carboxylic acids is 1. The van der Waals surface area contributed by atoms with E-state index in [0.29, 0.717) is 16.1 Å². The molecule has 3 aromatic rings. The van der Waals surface area contributed by atoms with Crippen molar-refractivity contribution in [3.63, 3.8) is 0 Å². The molecule has 3 aromatic carbocycles. The number of allylic oxidation sites excluding steroid dienone is 1. The first-order valence-corrected chi connectivity index (χ1v) is 7.31. The second kappa shape index (κ2) is 4.72. The first-order valence-electron chi connectivity index (χ1n) is 6.93. The van der Waals surface area contributed by atoms with Gasteiger partial charge in [0.05, 0.1) is 10.6 Å². The highest BCUT2D eigenvalue weighted by molar-refractivity contribution is 6.41. The fourth-order valence-electron chi connectivity index (χ4n) is 3.01. The molecule has 0 saturated heterocycles. The average molecular weight is 307 g/mol. The van der Waals surface area contributed by atoms with Crippen molar-refractivity contribution in [2.45, 2.75) is 0 Å². The molecule has 0 heterocycles. The number of hydrogen-bond acceptors (Lipinski definition) is 2. The van der Waals surface area contributed by atoms with Gasteiger partial charge >= 0.3 is 0 Å². The summed E-state index contributed by atoms with van der Waals surface area (Å²) in [4.78, 5) is 12.3. The fourth-order valence-corrected chi connectivity index (χ4v) is 3.37. The molecular formula is C19H11ClO2. The van der Waals surface area contributed by atoms with Gasteiger partial charge in [0.1, 0.15) is 5.75 Å². The molecule has 106 valence electrons. The minimum atomic E-state index is -0.199. The third-order valence-corrected chi connectivity index (χ3v) is 4.39. The standard InChI is InChI=1S/C19H11ClO2/c20-18-13-8-4-7-12-9-10-14(21)17(15(12)13)19(22)16(18)11-5-2-1-3-6-11/h1-10,22H. The van der Waals surface area contributed by atoms with Gasteiger partial charge in [-0.25, -0.2) is 0 Å². The zero-order chi connectivity index (χ0) is 15.3. The molecule has 0 bridgehead atoms. The lowest BCUT2D eigenvalue weighted by molar-refractivity contribution is 0.104. The van der Waals surface area contributed by atoms with Gasteiger partial charge in [-0.2, -0.15) is 0 Å². The van der Waals surface area contributed by atoms with Gasteiger partial charge < -0.3 is 5.11 Å². The molecule has 1 aliphatic carbocycles. The van der Waals surface area contributed by atoms with Gasteiger partial charge in [-0.3, -0.25) is 4.79 Å². The molecule has 0 spiro atoms. The van der Waals surface area contributed by atoms with Crippen molar-refractivity contribution in [1.82, 2.24) is 0 Å². The Morgan fingerprint density at radius 3 is 2.41 bits per heavy atom. The van der Waals surface area contributed by atoms with Crippen molar-refractivity contribution in [1.29, 1.82) is 0 Å². The van der Waals surface area contributed by atoms with E-state index in [0.717, 1.165) is 21.9 Å². The lowest BCUT2D eigenvalue weighted by Crippen LogP contribution is -2.04. The van der Waals surface area contributed by atoms with Crippen LogP contribution in [-0.2, 0) is 0 Å². The minimum absolute atomic E-state index is 0.0505. The van der Waals surface area contributed by atoms with E-state index in [1.807, 2.05) is 48.5 Å². The molecule has 0 atom stereocenters. The molecule has 22 heavy (non-hydrogen) atoms. The van der Waals surface area contributed by atoms with Crippen LogP contribution in [0, 0.1) is 0 Å². The predicted octanol–water partition coefficient (Wildman–Crippen LogP) is 5.08. The lowest BCUT2D eigenvalue weighted by atomic mass is 9.88. The maximum atomic E-state index is 12.3. The van der Waals surface area contributed by atoms with E-state index in [1.54, 1.807) is 6.08 Å². The molecule has 0 saturated carbocycles. The predicted molar refractivity (Wildman–Crippen MR) is 89.4 cm³/mol. The molecule has 4 rings (SSSR count). The molecule has 0 amide bonds. The molecule has 1 aliphatic rings. The molecule has 0 aromatic heterocycles. The second-order valence-electron chi connectivity index (χ2n) is 5.25. The van der Waals surface area contributed by atoms with E-state index in [-0.39, 0.29) is 11.5 Å². The van der Waals surface area contributed by atoms with E-state index in [1.165, 1.54) is 6.08 Å². The minimum Gasteiger partial charge on any atom is -0.506 e. The van der Waals surface area contributed by atoms with Gasteiger partial charge in [-0.15, -0.1) is 0 Å². The first-order chi connectivity index (χ1) is 10.7. The summed E-state index contributed by atoms with van der Waals surface area (Å²) in [6.45, 7) is 0. The molecular weight excluding hydrogens is 296 g/mol. The Balaban J connectivity index is 2.21. The first kappa shape index (κ1) is 13.1.